The number of benzene rings is 3. The maximum atomic E-state index is 11.7. The molecule has 0 unspecified atom stereocenters. The van der Waals surface area contributed by atoms with Gasteiger partial charge in [0.2, 0.25) is 0 Å². The normalized spacial score (nSPS) is 12.8. The molecule has 0 saturated heterocycles. The summed E-state index contributed by atoms with van der Waals surface area (Å²) < 4.78 is 6.85. The van der Waals surface area contributed by atoms with Crippen LogP contribution in [0.3, 0.4) is 0 Å². The molecule has 1 aliphatic rings. The molecule has 1 aliphatic heterocycles. The number of carbonyl (C=O) groups is 1. The highest BCUT2D eigenvalue weighted by Gasteiger charge is 2.20. The first-order valence-electron chi connectivity index (χ1n) is 14.0. The third kappa shape index (κ3) is 7.16. The van der Waals surface area contributed by atoms with E-state index in [4.69, 9.17) is 26.4 Å². The van der Waals surface area contributed by atoms with Crippen molar-refractivity contribution < 1.29 is 19.7 Å². The molecule has 9 heteroatoms. The summed E-state index contributed by atoms with van der Waals surface area (Å²) in [5.74, 6) is -0.0103. The molecule has 0 amide bonds. The van der Waals surface area contributed by atoms with Gasteiger partial charge in [-0.3, -0.25) is 9.78 Å². The first-order valence-corrected chi connectivity index (χ1v) is 15.1. The first kappa shape index (κ1) is 30.5. The fourth-order valence-electron chi connectivity index (χ4n) is 4.90. The van der Waals surface area contributed by atoms with Crippen molar-refractivity contribution in [1.29, 1.82) is 0 Å². The fraction of sp³-hybridized carbons (Fsp3) is 0.265. The lowest BCUT2D eigenvalue weighted by Crippen LogP contribution is -2.28. The van der Waals surface area contributed by atoms with Crippen LogP contribution in [0.1, 0.15) is 31.9 Å². The van der Waals surface area contributed by atoms with Crippen LogP contribution < -0.4 is 9.64 Å². The van der Waals surface area contributed by atoms with Gasteiger partial charge in [0.05, 0.1) is 40.2 Å². The van der Waals surface area contributed by atoms with Gasteiger partial charge in [0, 0.05) is 35.0 Å². The molecule has 0 saturated carbocycles. The van der Waals surface area contributed by atoms with E-state index in [0.29, 0.717) is 11.6 Å². The lowest BCUT2D eigenvalue weighted by atomic mass is 9.93. The van der Waals surface area contributed by atoms with Crippen LogP contribution in [0.25, 0.3) is 43.2 Å². The number of halogens is 1. The van der Waals surface area contributed by atoms with Crippen molar-refractivity contribution in [2.75, 3.05) is 25.1 Å². The molecule has 6 rings (SSSR count). The number of carboxylic acid groups (broad SMARTS) is 1. The minimum absolute atomic E-state index is 0.0675. The Morgan fingerprint density at radius 3 is 2.44 bits per heavy atom. The van der Waals surface area contributed by atoms with Gasteiger partial charge in [0.15, 0.2) is 0 Å². The first-order chi connectivity index (χ1) is 20.4. The van der Waals surface area contributed by atoms with E-state index in [1.54, 1.807) is 38.3 Å². The molecule has 0 bridgehead atoms. The highest BCUT2D eigenvalue weighted by atomic mass is 35.5. The molecule has 3 aromatic carbocycles. The highest BCUT2D eigenvalue weighted by Crippen LogP contribution is 2.42. The second-order valence-corrected chi connectivity index (χ2v) is 13.0. The fourth-order valence-corrected chi connectivity index (χ4v) is 6.16. The summed E-state index contributed by atoms with van der Waals surface area (Å²) in [6, 6.07) is 19.7. The summed E-state index contributed by atoms with van der Waals surface area (Å²) in [6.45, 7) is 8.69. The van der Waals surface area contributed by atoms with Gasteiger partial charge in [-0.1, -0.05) is 29.8 Å². The number of nitrogens with zero attached hydrogens (tertiary/aromatic N) is 3. The van der Waals surface area contributed by atoms with Gasteiger partial charge in [0.1, 0.15) is 17.4 Å². The summed E-state index contributed by atoms with van der Waals surface area (Å²) in [4.78, 5) is 23.5. The summed E-state index contributed by atoms with van der Waals surface area (Å²) in [5.41, 5.74) is 7.68. The number of hydrogen-bond acceptors (Lipinski definition) is 7. The summed E-state index contributed by atoms with van der Waals surface area (Å²) in [5, 5.41) is 19.6. The Kier molecular flexibility index (Phi) is 8.74. The predicted molar refractivity (Wildman–Crippen MR) is 176 cm³/mol. The van der Waals surface area contributed by atoms with E-state index in [0.717, 1.165) is 72.3 Å². The second kappa shape index (κ2) is 12.3. The van der Waals surface area contributed by atoms with E-state index >= 15 is 0 Å². The molecule has 2 aromatic heterocycles. The number of anilines is 1. The summed E-state index contributed by atoms with van der Waals surface area (Å²) >= 11 is 7.71. The lowest BCUT2D eigenvalue weighted by molar-refractivity contribution is -0.136. The number of thiazole rings is 1. The molecule has 0 spiro atoms. The highest BCUT2D eigenvalue weighted by molar-refractivity contribution is 7.22. The van der Waals surface area contributed by atoms with Crippen LogP contribution in [-0.4, -0.2) is 52.0 Å². The van der Waals surface area contributed by atoms with Crippen molar-refractivity contribution >= 4 is 44.8 Å². The Bertz CT molecular complexity index is 1790. The van der Waals surface area contributed by atoms with E-state index in [-0.39, 0.29) is 6.42 Å². The molecule has 0 atom stereocenters. The molecular formula is C34H34ClN3O4S. The minimum Gasteiger partial charge on any atom is -0.490 e. The molecule has 0 radical (unpaired) electrons. The average molecular weight is 616 g/mol. The summed E-state index contributed by atoms with van der Waals surface area (Å²) in [7, 11) is 2.06. The zero-order chi connectivity index (χ0) is 30.9. The third-order valence-corrected chi connectivity index (χ3v) is 8.22. The average Bonchev–Trinajstić information content (AvgIpc) is 3.36. The van der Waals surface area contributed by atoms with Crippen molar-refractivity contribution in [1.82, 2.24) is 9.97 Å². The Hall–Kier alpha value is -3.98. The van der Waals surface area contributed by atoms with Crippen LogP contribution in [0.15, 0.2) is 66.9 Å². The second-order valence-electron chi connectivity index (χ2n) is 11.5. The maximum Gasteiger partial charge on any atom is 0.307 e. The number of aliphatic hydroxyl groups is 1. The maximum absolute atomic E-state index is 11.7. The number of pyridine rings is 1. The third-order valence-electron chi connectivity index (χ3n) is 6.83. The number of hydrogen-bond donors (Lipinski definition) is 2. The number of aromatic nitrogens is 2. The summed E-state index contributed by atoms with van der Waals surface area (Å²) in [6.07, 6.45) is 1.73. The molecule has 0 aliphatic carbocycles. The molecule has 7 nitrogen and oxygen atoms in total. The smallest absolute Gasteiger partial charge is 0.307 e. The molecular weight excluding hydrogens is 582 g/mol. The SMILES string of the molecule is CC(C)(C)O.Cc1cc2nc(-c3ccnc(-c4ccc5c(c4)OCCN5C)c3)sc2c(-c2ccc(Cl)cc2)c1CC(=O)O. The van der Waals surface area contributed by atoms with Crippen molar-refractivity contribution in [2.45, 2.75) is 39.7 Å². The Balaban J connectivity index is 0.000000682. The van der Waals surface area contributed by atoms with Crippen LogP contribution in [0.2, 0.25) is 5.02 Å². The zero-order valence-electron chi connectivity index (χ0n) is 24.8. The number of likely N-dealkylation sites (N-methyl/N-ethyl adjacent to an activating group) is 1. The standard InChI is InChI=1S/C30H24ClN3O3S.C4H10O/c1-17-13-24-29(28(22(17)16-27(35)36)18-3-6-21(31)7-4-18)38-30(33-24)20-9-10-32-23(14-20)19-5-8-25-26(15-19)37-12-11-34(25)2;1-4(2,3)5/h3-10,13-15H,11-12,16H2,1-2H3,(H,35,36);5H,1-3H3. The number of rotatable bonds is 5. The topological polar surface area (TPSA) is 95.8 Å². The lowest BCUT2D eigenvalue weighted by Gasteiger charge is -2.27. The Morgan fingerprint density at radius 2 is 1.74 bits per heavy atom. The van der Waals surface area contributed by atoms with Crippen LogP contribution in [0.4, 0.5) is 5.69 Å². The number of aliphatic carboxylic acids is 1. The predicted octanol–water partition coefficient (Wildman–Crippen LogP) is 7.89. The van der Waals surface area contributed by atoms with Crippen LogP contribution in [-0.2, 0) is 11.2 Å². The molecule has 2 N–H and O–H groups in total. The van der Waals surface area contributed by atoms with Crippen molar-refractivity contribution in [3.8, 4) is 38.7 Å². The number of carboxylic acids is 1. The Morgan fingerprint density at radius 1 is 1.05 bits per heavy atom. The Labute approximate surface area is 260 Å². The van der Waals surface area contributed by atoms with Gasteiger partial charge in [-0.15, -0.1) is 11.3 Å². The molecule has 5 aromatic rings. The van der Waals surface area contributed by atoms with Gasteiger partial charge in [-0.2, -0.15) is 0 Å². The molecule has 222 valence electrons. The molecule has 3 heterocycles. The zero-order valence-corrected chi connectivity index (χ0v) is 26.4. The van der Waals surface area contributed by atoms with Gasteiger partial charge < -0.3 is 19.8 Å². The molecule has 0 fully saturated rings. The van der Waals surface area contributed by atoms with Crippen LogP contribution >= 0.6 is 22.9 Å². The van der Waals surface area contributed by atoms with Gasteiger partial charge in [-0.05, 0) is 86.8 Å². The van der Waals surface area contributed by atoms with E-state index < -0.39 is 11.6 Å². The molecule has 43 heavy (non-hydrogen) atoms. The van der Waals surface area contributed by atoms with Crippen molar-refractivity contribution in [3.63, 3.8) is 0 Å². The van der Waals surface area contributed by atoms with Crippen LogP contribution in [0.5, 0.6) is 5.75 Å². The number of fused-ring (bicyclic) bond motifs is 2. The van der Waals surface area contributed by atoms with Gasteiger partial charge in [-0.25, -0.2) is 4.98 Å². The van der Waals surface area contributed by atoms with E-state index in [1.807, 2.05) is 55.5 Å². The van der Waals surface area contributed by atoms with Crippen LogP contribution in [0, 0.1) is 6.92 Å². The van der Waals surface area contributed by atoms with Gasteiger partial charge >= 0.3 is 5.97 Å². The quantitative estimate of drug-likeness (QED) is 0.208. The van der Waals surface area contributed by atoms with E-state index in [1.165, 1.54) is 0 Å². The van der Waals surface area contributed by atoms with Crippen molar-refractivity contribution in [2.24, 2.45) is 0 Å². The van der Waals surface area contributed by atoms with E-state index in [9.17, 15) is 9.90 Å². The largest absolute Gasteiger partial charge is 0.490 e. The number of ether oxygens (including phenoxy) is 1. The van der Waals surface area contributed by atoms with E-state index in [2.05, 4.69) is 29.1 Å². The minimum atomic E-state index is -0.869. The van der Waals surface area contributed by atoms with Gasteiger partial charge in [0.25, 0.3) is 0 Å². The monoisotopic (exact) mass is 615 g/mol. The number of aryl methyl sites for hydroxylation is 1. The van der Waals surface area contributed by atoms with Crippen molar-refractivity contribution in [3.05, 3.63) is 83.0 Å².